The van der Waals surface area contributed by atoms with Crippen LogP contribution in [0.2, 0.25) is 0 Å². The van der Waals surface area contributed by atoms with Crippen LogP contribution in [0.15, 0.2) is 0 Å². The lowest BCUT2D eigenvalue weighted by Crippen LogP contribution is -2.19. The molecule has 3 aliphatic carbocycles. The standard InChI is InChI=1S/C26H48/c1-3-4-22-9-11-24(12-10-22)15-16-26-19-17-25(18-20-26)14-13-23-7-5-21(2)6-8-23/h21-26H,3-20H2,1-2H3. The van der Waals surface area contributed by atoms with Gasteiger partial charge in [0.25, 0.3) is 0 Å². The first kappa shape index (κ1) is 20.7. The molecule has 0 spiro atoms. The van der Waals surface area contributed by atoms with Gasteiger partial charge in [0.15, 0.2) is 0 Å². The van der Waals surface area contributed by atoms with Crippen molar-refractivity contribution in [1.29, 1.82) is 0 Å². The normalized spacial score (nSPS) is 39.0. The van der Waals surface area contributed by atoms with Gasteiger partial charge >= 0.3 is 0 Å². The first-order chi connectivity index (χ1) is 12.7. The molecule has 3 saturated carbocycles. The Labute approximate surface area is 165 Å². The summed E-state index contributed by atoms with van der Waals surface area (Å²) in [6.07, 6.45) is 27.7. The number of hydrogen-bond acceptors (Lipinski definition) is 0. The summed E-state index contributed by atoms with van der Waals surface area (Å²) < 4.78 is 0. The molecular weight excluding hydrogens is 312 g/mol. The molecular formula is C26H48. The molecule has 0 saturated heterocycles. The monoisotopic (exact) mass is 360 g/mol. The second-order valence-corrected chi connectivity index (χ2v) is 10.8. The highest BCUT2D eigenvalue weighted by Crippen LogP contribution is 2.39. The Morgan fingerprint density at radius 1 is 0.423 bits per heavy atom. The summed E-state index contributed by atoms with van der Waals surface area (Å²) in [4.78, 5) is 0. The zero-order valence-corrected chi connectivity index (χ0v) is 18.2. The molecule has 26 heavy (non-hydrogen) atoms. The van der Waals surface area contributed by atoms with Crippen LogP contribution in [-0.2, 0) is 0 Å². The van der Waals surface area contributed by atoms with Crippen molar-refractivity contribution in [2.75, 3.05) is 0 Å². The molecule has 0 unspecified atom stereocenters. The molecule has 0 bridgehead atoms. The van der Waals surface area contributed by atoms with Gasteiger partial charge in [-0.25, -0.2) is 0 Å². The Morgan fingerprint density at radius 2 is 0.692 bits per heavy atom. The van der Waals surface area contributed by atoms with E-state index in [1.54, 1.807) is 77.0 Å². The number of rotatable bonds is 8. The van der Waals surface area contributed by atoms with Gasteiger partial charge in [-0.2, -0.15) is 0 Å². The van der Waals surface area contributed by atoms with Crippen molar-refractivity contribution in [3.63, 3.8) is 0 Å². The van der Waals surface area contributed by atoms with Gasteiger partial charge in [-0.3, -0.25) is 0 Å². The molecule has 152 valence electrons. The summed E-state index contributed by atoms with van der Waals surface area (Å²) >= 11 is 0. The summed E-state index contributed by atoms with van der Waals surface area (Å²) in [5.41, 5.74) is 0. The van der Waals surface area contributed by atoms with E-state index in [0.717, 1.165) is 35.5 Å². The second kappa shape index (κ2) is 11.1. The highest BCUT2D eigenvalue weighted by molar-refractivity contribution is 4.78. The highest BCUT2D eigenvalue weighted by atomic mass is 14.3. The minimum Gasteiger partial charge on any atom is -0.0654 e. The van der Waals surface area contributed by atoms with Gasteiger partial charge in [-0.05, 0) is 35.5 Å². The summed E-state index contributed by atoms with van der Waals surface area (Å²) in [7, 11) is 0. The smallest absolute Gasteiger partial charge is 0.0414 e. The molecule has 3 fully saturated rings. The van der Waals surface area contributed by atoms with Crippen LogP contribution in [0.5, 0.6) is 0 Å². The average Bonchev–Trinajstić information content (AvgIpc) is 2.68. The third-order valence-corrected chi connectivity index (χ3v) is 8.73. The topological polar surface area (TPSA) is 0 Å². The lowest BCUT2D eigenvalue weighted by atomic mass is 9.73. The van der Waals surface area contributed by atoms with E-state index < -0.39 is 0 Å². The summed E-state index contributed by atoms with van der Waals surface area (Å²) in [5.74, 6) is 6.47. The summed E-state index contributed by atoms with van der Waals surface area (Å²) in [5, 5.41) is 0. The predicted octanol–water partition coefficient (Wildman–Crippen LogP) is 8.79. The second-order valence-electron chi connectivity index (χ2n) is 10.8. The largest absolute Gasteiger partial charge is 0.0654 e. The van der Waals surface area contributed by atoms with Gasteiger partial charge in [0, 0.05) is 0 Å². The first-order valence-corrected chi connectivity index (χ1v) is 12.7. The van der Waals surface area contributed by atoms with Gasteiger partial charge in [0.1, 0.15) is 0 Å². The molecule has 0 radical (unpaired) electrons. The van der Waals surface area contributed by atoms with Crippen molar-refractivity contribution in [1.82, 2.24) is 0 Å². The van der Waals surface area contributed by atoms with Crippen molar-refractivity contribution < 1.29 is 0 Å². The molecule has 0 aromatic heterocycles. The zero-order valence-electron chi connectivity index (χ0n) is 18.2. The van der Waals surface area contributed by atoms with Crippen LogP contribution < -0.4 is 0 Å². The van der Waals surface area contributed by atoms with Gasteiger partial charge in [0.2, 0.25) is 0 Å². The van der Waals surface area contributed by atoms with E-state index in [1.165, 1.54) is 38.5 Å². The van der Waals surface area contributed by atoms with Crippen LogP contribution in [0.3, 0.4) is 0 Å². The Hall–Kier alpha value is 0. The van der Waals surface area contributed by atoms with Crippen molar-refractivity contribution >= 4 is 0 Å². The van der Waals surface area contributed by atoms with Crippen molar-refractivity contribution in [3.8, 4) is 0 Å². The minimum atomic E-state index is 1.02. The summed E-state index contributed by atoms with van der Waals surface area (Å²) in [6, 6.07) is 0. The van der Waals surface area contributed by atoms with E-state index in [2.05, 4.69) is 13.8 Å². The third kappa shape index (κ3) is 6.87. The molecule has 0 heterocycles. The lowest BCUT2D eigenvalue weighted by Gasteiger charge is -2.33. The minimum absolute atomic E-state index is 1.02. The molecule has 0 aliphatic heterocycles. The third-order valence-electron chi connectivity index (χ3n) is 8.73. The van der Waals surface area contributed by atoms with E-state index >= 15 is 0 Å². The SMILES string of the molecule is CCCC1CCC(CCC2CCC(CCC3CCC(C)CC3)CC2)CC1. The molecule has 3 aliphatic rings. The van der Waals surface area contributed by atoms with E-state index in [4.69, 9.17) is 0 Å². The molecule has 0 nitrogen and oxygen atoms in total. The van der Waals surface area contributed by atoms with Crippen LogP contribution in [0.4, 0.5) is 0 Å². The highest BCUT2D eigenvalue weighted by Gasteiger charge is 2.25. The van der Waals surface area contributed by atoms with Crippen molar-refractivity contribution in [2.24, 2.45) is 35.5 Å². The van der Waals surface area contributed by atoms with Crippen LogP contribution in [-0.4, -0.2) is 0 Å². The summed E-state index contributed by atoms with van der Waals surface area (Å²) in [6.45, 7) is 4.81. The van der Waals surface area contributed by atoms with E-state index in [9.17, 15) is 0 Å². The van der Waals surface area contributed by atoms with Gasteiger partial charge in [0.05, 0.1) is 0 Å². The molecule has 0 aromatic rings. The van der Waals surface area contributed by atoms with Crippen molar-refractivity contribution in [3.05, 3.63) is 0 Å². The molecule has 3 rings (SSSR count). The molecule has 0 heteroatoms. The number of hydrogen-bond donors (Lipinski definition) is 0. The van der Waals surface area contributed by atoms with Gasteiger partial charge in [-0.1, -0.05) is 129 Å². The maximum atomic E-state index is 2.45. The molecule has 0 aromatic carbocycles. The molecule has 0 atom stereocenters. The fraction of sp³-hybridized carbons (Fsp3) is 1.00. The molecule has 0 N–H and O–H groups in total. The van der Waals surface area contributed by atoms with Crippen LogP contribution >= 0.6 is 0 Å². The van der Waals surface area contributed by atoms with Crippen LogP contribution in [0.25, 0.3) is 0 Å². The predicted molar refractivity (Wildman–Crippen MR) is 115 cm³/mol. The fourth-order valence-corrected chi connectivity index (χ4v) is 6.59. The Morgan fingerprint density at radius 3 is 1.00 bits per heavy atom. The fourth-order valence-electron chi connectivity index (χ4n) is 6.59. The average molecular weight is 361 g/mol. The Kier molecular flexibility index (Phi) is 8.86. The zero-order chi connectivity index (χ0) is 18.2. The van der Waals surface area contributed by atoms with E-state index in [0.29, 0.717) is 0 Å². The first-order valence-electron chi connectivity index (χ1n) is 12.7. The molecule has 0 amide bonds. The van der Waals surface area contributed by atoms with Crippen LogP contribution in [0, 0.1) is 35.5 Å². The maximum Gasteiger partial charge on any atom is -0.0414 e. The van der Waals surface area contributed by atoms with Crippen LogP contribution in [0.1, 0.15) is 129 Å². The Bertz CT molecular complexity index is 348. The van der Waals surface area contributed by atoms with Gasteiger partial charge in [-0.15, -0.1) is 0 Å². The van der Waals surface area contributed by atoms with E-state index in [1.807, 2.05) is 0 Å². The van der Waals surface area contributed by atoms with E-state index in [-0.39, 0.29) is 0 Å². The maximum absolute atomic E-state index is 2.45. The lowest BCUT2D eigenvalue weighted by molar-refractivity contribution is 0.197. The van der Waals surface area contributed by atoms with Crippen molar-refractivity contribution in [2.45, 2.75) is 129 Å². The Balaban J connectivity index is 1.23. The van der Waals surface area contributed by atoms with Gasteiger partial charge < -0.3 is 0 Å². The quantitative estimate of drug-likeness (QED) is 0.405.